The highest BCUT2D eigenvalue weighted by Gasteiger charge is 2.08. The van der Waals surface area contributed by atoms with Crippen molar-refractivity contribution < 1.29 is 0 Å². The highest BCUT2D eigenvalue weighted by Crippen LogP contribution is 2.14. The first kappa shape index (κ1) is 11.5. The number of aromatic nitrogens is 3. The van der Waals surface area contributed by atoms with Gasteiger partial charge in [-0.2, -0.15) is 5.10 Å². The van der Waals surface area contributed by atoms with Gasteiger partial charge in [-0.1, -0.05) is 18.2 Å². The van der Waals surface area contributed by atoms with E-state index >= 15 is 0 Å². The summed E-state index contributed by atoms with van der Waals surface area (Å²) in [6.07, 6.45) is 1.84. The van der Waals surface area contributed by atoms with Gasteiger partial charge < -0.3 is 5.73 Å². The summed E-state index contributed by atoms with van der Waals surface area (Å²) in [5.41, 5.74) is 6.70. The highest BCUT2D eigenvalue weighted by atomic mass is 16.1. The van der Waals surface area contributed by atoms with Crippen molar-refractivity contribution in [1.82, 2.24) is 14.3 Å². The normalized spacial score (nSPS) is 11.0. The predicted molar refractivity (Wildman–Crippen MR) is 74.9 cm³/mol. The van der Waals surface area contributed by atoms with Crippen molar-refractivity contribution in [3.63, 3.8) is 0 Å². The Hall–Kier alpha value is -2.56. The van der Waals surface area contributed by atoms with Crippen LogP contribution in [0, 0.1) is 0 Å². The van der Waals surface area contributed by atoms with Gasteiger partial charge in [0.05, 0.1) is 12.2 Å². The second-order valence-corrected chi connectivity index (χ2v) is 4.53. The van der Waals surface area contributed by atoms with Crippen molar-refractivity contribution in [2.24, 2.45) is 7.05 Å². The number of nitrogen functional groups attached to an aromatic ring is 1. The molecule has 3 rings (SSSR count). The Morgan fingerprint density at radius 2 is 2.05 bits per heavy atom. The average Bonchev–Trinajstić information content (AvgIpc) is 2.80. The fourth-order valence-corrected chi connectivity index (χ4v) is 2.19. The van der Waals surface area contributed by atoms with Crippen molar-refractivity contribution in [1.29, 1.82) is 0 Å². The molecule has 3 aromatic rings. The van der Waals surface area contributed by atoms with E-state index in [0.29, 0.717) is 17.7 Å². The Morgan fingerprint density at radius 3 is 2.79 bits per heavy atom. The van der Waals surface area contributed by atoms with Crippen LogP contribution < -0.4 is 11.3 Å². The topological polar surface area (TPSA) is 65.8 Å². The number of fused-ring (bicyclic) bond motifs is 1. The second-order valence-electron chi connectivity index (χ2n) is 4.53. The lowest BCUT2D eigenvalue weighted by Gasteiger charge is -2.09. The maximum absolute atomic E-state index is 12.4. The standard InChI is InChI=1S/C14H14N4O/c1-17-7-6-11(16-17)9-18-13(15)8-10-4-2-3-5-12(10)14(18)19/h2-8H,9,15H2,1H3. The number of benzene rings is 1. The van der Waals surface area contributed by atoms with Gasteiger partial charge in [0.2, 0.25) is 0 Å². The minimum atomic E-state index is -0.0822. The maximum atomic E-state index is 12.4. The number of anilines is 1. The molecular weight excluding hydrogens is 240 g/mol. The van der Waals surface area contributed by atoms with Crippen molar-refractivity contribution in [3.8, 4) is 0 Å². The Bertz CT molecular complexity index is 801. The fraction of sp³-hybridized carbons (Fsp3) is 0.143. The molecule has 19 heavy (non-hydrogen) atoms. The van der Waals surface area contributed by atoms with Gasteiger partial charge >= 0.3 is 0 Å². The van der Waals surface area contributed by atoms with Crippen LogP contribution in [-0.2, 0) is 13.6 Å². The minimum absolute atomic E-state index is 0.0822. The minimum Gasteiger partial charge on any atom is -0.385 e. The molecule has 96 valence electrons. The number of hydrogen-bond donors (Lipinski definition) is 1. The van der Waals surface area contributed by atoms with Gasteiger partial charge in [0, 0.05) is 18.6 Å². The molecule has 2 N–H and O–H groups in total. The quantitative estimate of drug-likeness (QED) is 0.751. The summed E-state index contributed by atoms with van der Waals surface area (Å²) in [7, 11) is 1.84. The number of nitrogens with zero attached hydrogens (tertiary/aromatic N) is 3. The van der Waals surface area contributed by atoms with Crippen molar-refractivity contribution in [2.45, 2.75) is 6.54 Å². The summed E-state index contributed by atoms with van der Waals surface area (Å²) in [4.78, 5) is 12.4. The largest absolute Gasteiger partial charge is 0.385 e. The van der Waals surface area contributed by atoms with Crippen LogP contribution in [0.4, 0.5) is 5.82 Å². The Labute approximate surface area is 109 Å². The van der Waals surface area contributed by atoms with Gasteiger partial charge in [0.15, 0.2) is 0 Å². The zero-order valence-electron chi connectivity index (χ0n) is 10.6. The molecule has 0 atom stereocenters. The first-order valence-corrected chi connectivity index (χ1v) is 6.02. The van der Waals surface area contributed by atoms with Crippen molar-refractivity contribution >= 4 is 16.6 Å². The molecule has 2 aromatic heterocycles. The predicted octanol–water partition coefficient (Wildman–Crippen LogP) is 1.37. The molecule has 0 aliphatic heterocycles. The molecule has 0 saturated heterocycles. The summed E-state index contributed by atoms with van der Waals surface area (Å²) in [5.74, 6) is 0.453. The van der Waals surface area contributed by atoms with Crippen LogP contribution in [0.3, 0.4) is 0 Å². The third kappa shape index (κ3) is 1.99. The van der Waals surface area contributed by atoms with Crippen molar-refractivity contribution in [3.05, 3.63) is 58.6 Å². The van der Waals surface area contributed by atoms with E-state index < -0.39 is 0 Å². The number of rotatable bonds is 2. The smallest absolute Gasteiger partial charge is 0.260 e. The van der Waals surface area contributed by atoms with Crippen LogP contribution in [0.2, 0.25) is 0 Å². The summed E-state index contributed by atoms with van der Waals surface area (Å²) >= 11 is 0. The summed E-state index contributed by atoms with van der Waals surface area (Å²) in [6, 6.07) is 11.1. The SMILES string of the molecule is Cn1ccc(Cn2c(N)cc3ccccc3c2=O)n1. The summed E-state index contributed by atoms with van der Waals surface area (Å²) in [6.45, 7) is 0.385. The summed E-state index contributed by atoms with van der Waals surface area (Å²) < 4.78 is 3.25. The molecular formula is C14H14N4O. The molecule has 0 bridgehead atoms. The van der Waals surface area contributed by atoms with E-state index in [9.17, 15) is 4.79 Å². The molecule has 0 aliphatic carbocycles. The first-order chi connectivity index (χ1) is 9.15. The van der Waals surface area contributed by atoms with Crippen LogP contribution in [-0.4, -0.2) is 14.3 Å². The molecule has 0 spiro atoms. The molecule has 0 unspecified atom stereocenters. The van der Waals surface area contributed by atoms with Gasteiger partial charge in [-0.3, -0.25) is 14.0 Å². The molecule has 0 aliphatic rings. The second kappa shape index (κ2) is 4.28. The molecule has 0 fully saturated rings. The third-order valence-corrected chi connectivity index (χ3v) is 3.14. The van der Waals surface area contributed by atoms with E-state index in [1.165, 1.54) is 0 Å². The van der Waals surface area contributed by atoms with Gasteiger partial charge in [-0.25, -0.2) is 0 Å². The van der Waals surface area contributed by atoms with Gasteiger partial charge in [0.1, 0.15) is 5.82 Å². The molecule has 0 radical (unpaired) electrons. The zero-order chi connectivity index (χ0) is 13.4. The summed E-state index contributed by atoms with van der Waals surface area (Å²) in [5, 5.41) is 5.81. The van der Waals surface area contributed by atoms with Crippen molar-refractivity contribution in [2.75, 3.05) is 5.73 Å². The zero-order valence-corrected chi connectivity index (χ0v) is 10.6. The van der Waals surface area contributed by atoms with E-state index in [0.717, 1.165) is 11.1 Å². The van der Waals surface area contributed by atoms with Gasteiger partial charge in [-0.15, -0.1) is 0 Å². The van der Waals surface area contributed by atoms with E-state index in [4.69, 9.17) is 5.73 Å². The van der Waals surface area contributed by atoms with Crippen LogP contribution in [0.15, 0.2) is 47.4 Å². The Balaban J connectivity index is 2.15. The van der Waals surface area contributed by atoms with E-state index in [1.54, 1.807) is 9.25 Å². The molecule has 1 aromatic carbocycles. The number of nitrogens with two attached hydrogens (primary N) is 1. The van der Waals surface area contributed by atoms with Crippen LogP contribution >= 0.6 is 0 Å². The monoisotopic (exact) mass is 254 g/mol. The lowest BCUT2D eigenvalue weighted by Crippen LogP contribution is -2.23. The van der Waals surface area contributed by atoms with Crippen LogP contribution in [0.1, 0.15) is 5.69 Å². The fourth-order valence-electron chi connectivity index (χ4n) is 2.19. The van der Waals surface area contributed by atoms with Gasteiger partial charge in [0.25, 0.3) is 5.56 Å². The van der Waals surface area contributed by atoms with Gasteiger partial charge in [-0.05, 0) is 23.6 Å². The lowest BCUT2D eigenvalue weighted by atomic mass is 10.1. The maximum Gasteiger partial charge on any atom is 0.260 e. The lowest BCUT2D eigenvalue weighted by molar-refractivity contribution is 0.700. The molecule has 0 amide bonds. The molecule has 2 heterocycles. The third-order valence-electron chi connectivity index (χ3n) is 3.14. The Morgan fingerprint density at radius 1 is 1.26 bits per heavy atom. The van der Waals surface area contributed by atoms with Crippen LogP contribution in [0.25, 0.3) is 10.8 Å². The highest BCUT2D eigenvalue weighted by molar-refractivity contribution is 5.83. The number of aryl methyl sites for hydroxylation is 1. The van der Waals surface area contributed by atoms with Crippen LogP contribution in [0.5, 0.6) is 0 Å². The number of hydrogen-bond acceptors (Lipinski definition) is 3. The van der Waals surface area contributed by atoms with E-state index in [1.807, 2.05) is 49.6 Å². The molecule has 5 nitrogen and oxygen atoms in total. The average molecular weight is 254 g/mol. The molecule has 0 saturated carbocycles. The molecule has 5 heteroatoms. The van der Waals surface area contributed by atoms with E-state index in [-0.39, 0.29) is 5.56 Å². The first-order valence-electron chi connectivity index (χ1n) is 6.02. The van der Waals surface area contributed by atoms with E-state index in [2.05, 4.69) is 5.10 Å². The Kier molecular flexibility index (Phi) is 2.59. The number of pyridine rings is 1.